The average Bonchev–Trinajstić information content (AvgIpc) is 2.65. The van der Waals surface area contributed by atoms with Crippen LogP contribution in [0, 0.1) is 6.92 Å². The van der Waals surface area contributed by atoms with E-state index >= 15 is 0 Å². The van der Waals surface area contributed by atoms with Crippen molar-refractivity contribution in [2.45, 2.75) is 20.4 Å². The van der Waals surface area contributed by atoms with Gasteiger partial charge in [0.2, 0.25) is 0 Å². The van der Waals surface area contributed by atoms with E-state index in [9.17, 15) is 4.79 Å². The van der Waals surface area contributed by atoms with E-state index in [1.807, 2.05) is 38.1 Å². The van der Waals surface area contributed by atoms with E-state index in [-0.39, 0.29) is 5.91 Å². The van der Waals surface area contributed by atoms with Gasteiger partial charge in [0.1, 0.15) is 12.4 Å². The predicted molar refractivity (Wildman–Crippen MR) is 107 cm³/mol. The molecule has 0 unspecified atom stereocenters. The van der Waals surface area contributed by atoms with Gasteiger partial charge in [-0.1, -0.05) is 29.8 Å². The van der Waals surface area contributed by atoms with Gasteiger partial charge in [-0.2, -0.15) is 0 Å². The summed E-state index contributed by atoms with van der Waals surface area (Å²) in [4.78, 5) is 12.2. The van der Waals surface area contributed by atoms with Gasteiger partial charge in [-0.3, -0.25) is 10.1 Å². The lowest BCUT2D eigenvalue weighted by Gasteiger charge is -2.10. The SMILES string of the molecule is CCOCCOc1ccc(C(=O)NC(=S)NCc2ccc(C)cc2)cc1. The topological polar surface area (TPSA) is 59.6 Å². The second-order valence-corrected chi connectivity index (χ2v) is 6.10. The van der Waals surface area contributed by atoms with Crippen molar-refractivity contribution in [3.8, 4) is 5.75 Å². The second-order valence-electron chi connectivity index (χ2n) is 5.69. The quantitative estimate of drug-likeness (QED) is 0.550. The summed E-state index contributed by atoms with van der Waals surface area (Å²) in [5, 5.41) is 6.01. The molecule has 1 amide bonds. The lowest BCUT2D eigenvalue weighted by atomic mass is 10.1. The Bertz CT molecular complexity index is 715. The Labute approximate surface area is 159 Å². The van der Waals surface area contributed by atoms with Gasteiger partial charge < -0.3 is 14.8 Å². The maximum absolute atomic E-state index is 12.2. The van der Waals surface area contributed by atoms with Gasteiger partial charge in [0.05, 0.1) is 6.61 Å². The zero-order valence-corrected chi connectivity index (χ0v) is 15.9. The number of amides is 1. The molecule has 0 aromatic heterocycles. The molecular formula is C20H24N2O3S. The first-order valence-electron chi connectivity index (χ1n) is 8.54. The molecule has 0 aliphatic heterocycles. The number of aryl methyl sites for hydroxylation is 1. The number of rotatable bonds is 8. The summed E-state index contributed by atoms with van der Waals surface area (Å²) in [6.45, 7) is 6.23. The normalized spacial score (nSPS) is 10.2. The fourth-order valence-electron chi connectivity index (χ4n) is 2.17. The number of carbonyl (C=O) groups excluding carboxylic acids is 1. The Morgan fingerprint density at radius 3 is 2.38 bits per heavy atom. The first kappa shape index (κ1) is 19.9. The molecule has 26 heavy (non-hydrogen) atoms. The fraction of sp³-hybridized carbons (Fsp3) is 0.300. The number of benzene rings is 2. The van der Waals surface area contributed by atoms with Crippen LogP contribution in [0.25, 0.3) is 0 Å². The number of ether oxygens (including phenoxy) is 2. The molecule has 2 N–H and O–H groups in total. The Hall–Kier alpha value is -2.44. The molecule has 5 nitrogen and oxygen atoms in total. The van der Waals surface area contributed by atoms with E-state index in [0.29, 0.717) is 42.8 Å². The predicted octanol–water partition coefficient (Wildman–Crippen LogP) is 3.21. The first-order valence-corrected chi connectivity index (χ1v) is 8.94. The third-order valence-corrected chi connectivity index (χ3v) is 3.86. The molecule has 0 aliphatic rings. The van der Waals surface area contributed by atoms with E-state index in [2.05, 4.69) is 10.6 Å². The number of thiocarbonyl (C=S) groups is 1. The van der Waals surface area contributed by atoms with Gasteiger partial charge in [-0.15, -0.1) is 0 Å². The molecule has 0 aliphatic carbocycles. The maximum atomic E-state index is 12.2. The van der Waals surface area contributed by atoms with Gasteiger partial charge in [-0.25, -0.2) is 0 Å². The first-order chi connectivity index (χ1) is 12.6. The van der Waals surface area contributed by atoms with Crippen molar-refractivity contribution in [2.24, 2.45) is 0 Å². The molecule has 0 saturated heterocycles. The Morgan fingerprint density at radius 1 is 1.04 bits per heavy atom. The monoisotopic (exact) mass is 372 g/mol. The van der Waals surface area contributed by atoms with E-state index in [1.165, 1.54) is 5.56 Å². The van der Waals surface area contributed by atoms with Gasteiger partial charge in [-0.05, 0) is 55.9 Å². The summed E-state index contributed by atoms with van der Waals surface area (Å²) in [6, 6.07) is 15.0. The standard InChI is InChI=1S/C20H24N2O3S/c1-3-24-12-13-25-18-10-8-17(9-11-18)19(23)22-20(26)21-14-16-6-4-15(2)5-7-16/h4-11H,3,12-14H2,1-2H3,(H2,21,22,23,26). The van der Waals surface area contributed by atoms with Crippen LogP contribution in [-0.4, -0.2) is 30.8 Å². The fourth-order valence-corrected chi connectivity index (χ4v) is 2.34. The number of carbonyl (C=O) groups is 1. The molecule has 0 radical (unpaired) electrons. The Balaban J connectivity index is 1.77. The minimum atomic E-state index is -0.257. The molecule has 6 heteroatoms. The lowest BCUT2D eigenvalue weighted by Crippen LogP contribution is -2.38. The van der Waals surface area contributed by atoms with Crippen LogP contribution >= 0.6 is 12.2 Å². The highest BCUT2D eigenvalue weighted by atomic mass is 32.1. The van der Waals surface area contributed by atoms with Gasteiger partial charge in [0.25, 0.3) is 5.91 Å². The molecule has 0 saturated carbocycles. The maximum Gasteiger partial charge on any atom is 0.257 e. The summed E-state index contributed by atoms with van der Waals surface area (Å²) < 4.78 is 10.7. The van der Waals surface area contributed by atoms with Crippen LogP contribution in [0.1, 0.15) is 28.4 Å². The third-order valence-electron chi connectivity index (χ3n) is 3.62. The smallest absolute Gasteiger partial charge is 0.257 e. The molecular weight excluding hydrogens is 348 g/mol. The zero-order chi connectivity index (χ0) is 18.8. The third kappa shape index (κ3) is 6.82. The second kappa shape index (κ2) is 10.5. The van der Waals surface area contributed by atoms with Crippen LogP contribution < -0.4 is 15.4 Å². The van der Waals surface area contributed by atoms with Crippen molar-refractivity contribution in [3.05, 3.63) is 65.2 Å². The van der Waals surface area contributed by atoms with Crippen molar-refractivity contribution >= 4 is 23.2 Å². The minimum absolute atomic E-state index is 0.257. The molecule has 0 atom stereocenters. The average molecular weight is 372 g/mol. The number of nitrogens with one attached hydrogen (secondary N) is 2. The summed E-state index contributed by atoms with van der Waals surface area (Å²) >= 11 is 5.18. The molecule has 138 valence electrons. The summed E-state index contributed by atoms with van der Waals surface area (Å²) in [6.07, 6.45) is 0. The van der Waals surface area contributed by atoms with E-state index in [4.69, 9.17) is 21.7 Å². The van der Waals surface area contributed by atoms with Crippen LogP contribution in [-0.2, 0) is 11.3 Å². The highest BCUT2D eigenvalue weighted by Gasteiger charge is 2.08. The van der Waals surface area contributed by atoms with Crippen LogP contribution in [0.5, 0.6) is 5.75 Å². The highest BCUT2D eigenvalue weighted by Crippen LogP contribution is 2.12. The van der Waals surface area contributed by atoms with Crippen molar-refractivity contribution in [1.29, 1.82) is 0 Å². The summed E-state index contributed by atoms with van der Waals surface area (Å²) in [7, 11) is 0. The van der Waals surface area contributed by atoms with Crippen molar-refractivity contribution in [1.82, 2.24) is 10.6 Å². The molecule has 0 spiro atoms. The van der Waals surface area contributed by atoms with E-state index < -0.39 is 0 Å². The van der Waals surface area contributed by atoms with Crippen molar-refractivity contribution in [2.75, 3.05) is 19.8 Å². The van der Waals surface area contributed by atoms with E-state index in [0.717, 1.165) is 5.56 Å². The summed E-state index contributed by atoms with van der Waals surface area (Å²) in [5.41, 5.74) is 2.82. The number of hydrogen-bond donors (Lipinski definition) is 2. The zero-order valence-electron chi connectivity index (χ0n) is 15.1. The molecule has 0 heterocycles. The summed E-state index contributed by atoms with van der Waals surface area (Å²) in [5.74, 6) is 0.439. The number of hydrogen-bond acceptors (Lipinski definition) is 4. The molecule has 2 aromatic rings. The molecule has 0 bridgehead atoms. The lowest BCUT2D eigenvalue weighted by molar-refractivity contribution is 0.0976. The van der Waals surface area contributed by atoms with Crippen molar-refractivity contribution in [3.63, 3.8) is 0 Å². The van der Waals surface area contributed by atoms with Crippen LogP contribution in [0.4, 0.5) is 0 Å². The minimum Gasteiger partial charge on any atom is -0.491 e. The van der Waals surface area contributed by atoms with Gasteiger partial charge >= 0.3 is 0 Å². The van der Waals surface area contributed by atoms with Gasteiger partial charge in [0.15, 0.2) is 5.11 Å². The largest absolute Gasteiger partial charge is 0.491 e. The van der Waals surface area contributed by atoms with Crippen molar-refractivity contribution < 1.29 is 14.3 Å². The molecule has 2 rings (SSSR count). The van der Waals surface area contributed by atoms with Crippen LogP contribution in [0.2, 0.25) is 0 Å². The Morgan fingerprint density at radius 2 is 1.73 bits per heavy atom. The van der Waals surface area contributed by atoms with Crippen LogP contribution in [0.15, 0.2) is 48.5 Å². The highest BCUT2D eigenvalue weighted by molar-refractivity contribution is 7.80. The van der Waals surface area contributed by atoms with E-state index in [1.54, 1.807) is 24.3 Å². The van der Waals surface area contributed by atoms with Crippen LogP contribution in [0.3, 0.4) is 0 Å². The molecule has 2 aromatic carbocycles. The van der Waals surface area contributed by atoms with Gasteiger partial charge in [0, 0.05) is 18.7 Å². The Kier molecular flexibility index (Phi) is 8.05. The molecule has 0 fully saturated rings.